The Balaban J connectivity index is 1.30. The molecule has 2 unspecified atom stereocenters. The summed E-state index contributed by atoms with van der Waals surface area (Å²) in [5.41, 5.74) is -0.379. The molecule has 178 valence electrons. The Morgan fingerprint density at radius 2 is 2.00 bits per heavy atom. The van der Waals surface area contributed by atoms with Gasteiger partial charge >= 0.3 is 6.18 Å². The van der Waals surface area contributed by atoms with Crippen molar-refractivity contribution >= 4 is 50.8 Å². The average Bonchev–Trinajstić information content (AvgIpc) is 3.51. The highest BCUT2D eigenvalue weighted by Crippen LogP contribution is 2.37. The first-order valence-corrected chi connectivity index (χ1v) is 12.4. The first-order chi connectivity index (χ1) is 16.1. The fraction of sp³-hybridized carbons (Fsp3) is 0.409. The lowest BCUT2D eigenvalue weighted by Gasteiger charge is -2.33. The molecule has 2 bridgehead atoms. The van der Waals surface area contributed by atoms with Gasteiger partial charge in [0.1, 0.15) is 10.9 Å². The zero-order valence-electron chi connectivity index (χ0n) is 18.3. The molecule has 1 amide bonds. The van der Waals surface area contributed by atoms with Gasteiger partial charge in [0.25, 0.3) is 0 Å². The molecule has 2 saturated heterocycles. The van der Waals surface area contributed by atoms with Crippen molar-refractivity contribution in [3.63, 3.8) is 0 Å². The smallest absolute Gasteiger partial charge is 0.341 e. The number of hydrogen-bond acceptors (Lipinski definition) is 8. The van der Waals surface area contributed by atoms with Crippen LogP contribution >= 0.6 is 23.1 Å². The number of aryl methyl sites for hydroxylation is 1. The summed E-state index contributed by atoms with van der Waals surface area (Å²) in [6.45, 7) is 4.61. The van der Waals surface area contributed by atoms with Gasteiger partial charge in [-0.05, 0) is 31.5 Å². The molecule has 7 nitrogen and oxygen atoms in total. The van der Waals surface area contributed by atoms with Crippen molar-refractivity contribution in [3.8, 4) is 0 Å². The van der Waals surface area contributed by atoms with Crippen LogP contribution in [-0.2, 0) is 11.0 Å². The van der Waals surface area contributed by atoms with Gasteiger partial charge in [-0.3, -0.25) is 9.59 Å². The van der Waals surface area contributed by atoms with Crippen molar-refractivity contribution in [1.82, 2.24) is 19.9 Å². The number of benzene rings is 1. The number of aromatic nitrogens is 3. The normalized spacial score (nSPS) is 19.9. The van der Waals surface area contributed by atoms with Crippen LogP contribution < -0.4 is 4.90 Å². The maximum absolute atomic E-state index is 13.2. The lowest BCUT2D eigenvalue weighted by molar-refractivity contribution is -0.137. The second-order valence-corrected chi connectivity index (χ2v) is 10.4. The van der Waals surface area contributed by atoms with Gasteiger partial charge in [0.2, 0.25) is 5.91 Å². The summed E-state index contributed by atoms with van der Waals surface area (Å²) in [7, 11) is 0. The van der Waals surface area contributed by atoms with E-state index in [1.165, 1.54) is 17.4 Å². The molecular formula is C22H20F3N5O2S2. The second-order valence-electron chi connectivity index (χ2n) is 8.39. The van der Waals surface area contributed by atoms with Gasteiger partial charge in [0.15, 0.2) is 10.9 Å². The Morgan fingerprint density at radius 1 is 1.21 bits per heavy atom. The van der Waals surface area contributed by atoms with E-state index in [1.807, 2.05) is 4.90 Å². The molecule has 0 saturated carbocycles. The number of Topliss-reactive ketones (excluding diaryl/α,β-unsaturated/α-hetero) is 1. The second kappa shape index (κ2) is 8.49. The number of piperazine rings is 1. The monoisotopic (exact) mass is 507 g/mol. The molecule has 1 aromatic carbocycles. The van der Waals surface area contributed by atoms with E-state index in [0.29, 0.717) is 34.3 Å². The minimum Gasteiger partial charge on any atom is -0.341 e. The lowest BCUT2D eigenvalue weighted by Crippen LogP contribution is -2.48. The summed E-state index contributed by atoms with van der Waals surface area (Å²) < 4.78 is 39.5. The van der Waals surface area contributed by atoms with Crippen molar-refractivity contribution in [3.05, 3.63) is 40.7 Å². The number of fused-ring (bicyclic) bond motifs is 3. The van der Waals surface area contributed by atoms with Crippen molar-refractivity contribution in [2.75, 3.05) is 23.7 Å². The first-order valence-electron chi connectivity index (χ1n) is 10.6. The standard InChI is InChI=1S/C22H20F3N5O2S2/c1-11-27-17-4-3-13(22(23,24)25)5-16(17)20(28-11)33-10-18(32)19-7-26-21(34-19)30-9-14-6-15(30)8-29(14)12(2)31/h3-5,7,14-15H,6,8-10H2,1-2H3. The van der Waals surface area contributed by atoms with Crippen LogP contribution in [0.4, 0.5) is 18.3 Å². The molecule has 2 fully saturated rings. The third-order valence-electron chi connectivity index (χ3n) is 6.10. The molecule has 2 aliphatic heterocycles. The number of rotatable bonds is 5. The van der Waals surface area contributed by atoms with Crippen molar-refractivity contribution in [2.45, 2.75) is 43.6 Å². The Morgan fingerprint density at radius 3 is 2.68 bits per heavy atom. The minimum atomic E-state index is -4.48. The average molecular weight is 508 g/mol. The van der Waals surface area contributed by atoms with E-state index >= 15 is 0 Å². The number of anilines is 1. The third kappa shape index (κ3) is 4.24. The summed E-state index contributed by atoms with van der Waals surface area (Å²) in [5, 5.41) is 1.36. The molecule has 3 aromatic rings. The van der Waals surface area contributed by atoms with Crippen LogP contribution in [0.1, 0.15) is 34.4 Å². The number of nitrogens with zero attached hydrogens (tertiary/aromatic N) is 5. The highest BCUT2D eigenvalue weighted by Gasteiger charge is 2.45. The maximum Gasteiger partial charge on any atom is 0.416 e. The van der Waals surface area contributed by atoms with Crippen LogP contribution in [-0.4, -0.2) is 62.5 Å². The van der Waals surface area contributed by atoms with Gasteiger partial charge in [0, 0.05) is 25.4 Å². The number of thioether (sulfide) groups is 1. The SMILES string of the molecule is CC(=O)N1CC2CC1CN2c1ncc(C(=O)CSc2nc(C)nc3ccc(C(F)(F)F)cc23)s1. The molecule has 4 heterocycles. The van der Waals surface area contributed by atoms with Crippen molar-refractivity contribution in [1.29, 1.82) is 0 Å². The van der Waals surface area contributed by atoms with E-state index in [1.54, 1.807) is 20.0 Å². The number of ketones is 1. The Bertz CT molecular complexity index is 1300. The van der Waals surface area contributed by atoms with E-state index < -0.39 is 11.7 Å². The highest BCUT2D eigenvalue weighted by atomic mass is 32.2. The number of thiazole rings is 1. The number of likely N-dealkylation sites (tertiary alicyclic amines) is 1. The van der Waals surface area contributed by atoms with Crippen LogP contribution in [0.5, 0.6) is 0 Å². The van der Waals surface area contributed by atoms with Crippen molar-refractivity contribution < 1.29 is 22.8 Å². The number of carbonyl (C=O) groups is 2. The minimum absolute atomic E-state index is 0.0214. The van der Waals surface area contributed by atoms with Gasteiger partial charge in [-0.15, -0.1) is 0 Å². The molecule has 0 N–H and O–H groups in total. The van der Waals surface area contributed by atoms with Crippen LogP contribution in [0, 0.1) is 6.92 Å². The molecule has 0 radical (unpaired) electrons. The van der Waals surface area contributed by atoms with E-state index in [0.717, 1.165) is 35.4 Å². The lowest BCUT2D eigenvalue weighted by atomic mass is 10.1. The number of carbonyl (C=O) groups excluding carboxylic acids is 2. The zero-order valence-corrected chi connectivity index (χ0v) is 19.9. The summed E-state index contributed by atoms with van der Waals surface area (Å²) in [5.74, 6) is 0.355. The number of halogens is 3. The quantitative estimate of drug-likeness (QED) is 0.291. The van der Waals surface area contributed by atoms with E-state index in [2.05, 4.69) is 19.9 Å². The predicted molar refractivity (Wildman–Crippen MR) is 123 cm³/mol. The highest BCUT2D eigenvalue weighted by molar-refractivity contribution is 8.00. The van der Waals surface area contributed by atoms with Gasteiger partial charge in [-0.2, -0.15) is 13.2 Å². The van der Waals surface area contributed by atoms with Gasteiger partial charge < -0.3 is 9.80 Å². The zero-order chi connectivity index (χ0) is 24.2. The Kier molecular flexibility index (Phi) is 5.75. The van der Waals surface area contributed by atoms with Gasteiger partial charge in [0.05, 0.1) is 40.0 Å². The number of amides is 1. The third-order valence-corrected chi connectivity index (χ3v) is 8.17. The first kappa shape index (κ1) is 23.0. The predicted octanol–water partition coefficient (Wildman–Crippen LogP) is 4.20. The Hall–Kier alpha value is -2.73. The van der Waals surface area contributed by atoms with Crippen molar-refractivity contribution in [2.24, 2.45) is 0 Å². The van der Waals surface area contributed by atoms with E-state index in [4.69, 9.17) is 0 Å². The summed E-state index contributed by atoms with van der Waals surface area (Å²) >= 11 is 2.40. The molecule has 5 rings (SSSR count). The van der Waals surface area contributed by atoms with Gasteiger partial charge in [-0.25, -0.2) is 15.0 Å². The van der Waals surface area contributed by atoms with Gasteiger partial charge in [-0.1, -0.05) is 23.1 Å². The maximum atomic E-state index is 13.2. The molecular weight excluding hydrogens is 487 g/mol. The summed E-state index contributed by atoms with van der Waals surface area (Å²) in [6, 6.07) is 3.73. The molecule has 0 aliphatic carbocycles. The fourth-order valence-corrected chi connectivity index (χ4v) is 6.48. The molecule has 12 heteroatoms. The summed E-state index contributed by atoms with van der Waals surface area (Å²) in [6.07, 6.45) is -2.03. The van der Waals surface area contributed by atoms with Crippen LogP contribution in [0.2, 0.25) is 0 Å². The number of hydrogen-bond donors (Lipinski definition) is 0. The molecule has 34 heavy (non-hydrogen) atoms. The van der Waals surface area contributed by atoms with Crippen LogP contribution in [0.3, 0.4) is 0 Å². The van der Waals surface area contributed by atoms with Crippen LogP contribution in [0.25, 0.3) is 10.9 Å². The number of alkyl halides is 3. The topological polar surface area (TPSA) is 79.3 Å². The molecule has 0 spiro atoms. The molecule has 2 aliphatic rings. The molecule has 2 atom stereocenters. The van der Waals surface area contributed by atoms with E-state index in [-0.39, 0.29) is 34.9 Å². The molecule has 2 aromatic heterocycles. The largest absolute Gasteiger partial charge is 0.416 e. The Labute approximate surface area is 201 Å². The fourth-order valence-electron chi connectivity index (χ4n) is 4.52. The summed E-state index contributed by atoms with van der Waals surface area (Å²) in [4.78, 5) is 42.0. The van der Waals surface area contributed by atoms with E-state index in [9.17, 15) is 22.8 Å². The van der Waals surface area contributed by atoms with Crippen LogP contribution in [0.15, 0.2) is 29.4 Å².